The van der Waals surface area contributed by atoms with Gasteiger partial charge in [-0.1, -0.05) is 6.07 Å². The molecule has 0 bridgehead atoms. The van der Waals surface area contributed by atoms with Crippen molar-refractivity contribution in [2.24, 2.45) is 0 Å². The summed E-state index contributed by atoms with van der Waals surface area (Å²) in [5.41, 5.74) is 7.34. The molecule has 2 aromatic rings. The monoisotopic (exact) mass is 243 g/mol. The van der Waals surface area contributed by atoms with Gasteiger partial charge in [0.2, 0.25) is 5.95 Å². The Morgan fingerprint density at radius 2 is 2.22 bits per heavy atom. The highest BCUT2D eigenvalue weighted by Gasteiger charge is 2.08. The van der Waals surface area contributed by atoms with Crippen LogP contribution in [0.25, 0.3) is 0 Å². The Hall–Kier alpha value is -2.68. The molecule has 0 unspecified atom stereocenters. The Bertz CT molecular complexity index is 633. The van der Waals surface area contributed by atoms with Gasteiger partial charge in [-0.15, -0.1) is 0 Å². The predicted molar refractivity (Wildman–Crippen MR) is 65.6 cm³/mol. The number of nitrogens with two attached hydrogens (primary N) is 1. The van der Waals surface area contributed by atoms with E-state index in [-0.39, 0.29) is 11.8 Å². The molecule has 2 rings (SSSR count). The summed E-state index contributed by atoms with van der Waals surface area (Å²) >= 11 is 0. The lowest BCUT2D eigenvalue weighted by Crippen LogP contribution is -2.03. The average molecular weight is 243 g/mol. The van der Waals surface area contributed by atoms with Gasteiger partial charge in [-0.05, 0) is 24.6 Å². The minimum atomic E-state index is -0.606. The van der Waals surface area contributed by atoms with Crippen molar-refractivity contribution in [3.05, 3.63) is 41.3 Å². The minimum Gasteiger partial charge on any atom is -0.368 e. The van der Waals surface area contributed by atoms with Gasteiger partial charge in [0.05, 0.1) is 17.8 Å². The number of nitrogens with zero attached hydrogens (tertiary/aromatic N) is 3. The molecule has 0 aliphatic heterocycles. The lowest BCUT2D eigenvalue weighted by molar-refractivity contribution is 0.620. The lowest BCUT2D eigenvalue weighted by atomic mass is 10.1. The van der Waals surface area contributed by atoms with Crippen molar-refractivity contribution < 1.29 is 4.39 Å². The first-order valence-electron chi connectivity index (χ1n) is 5.16. The molecule has 0 saturated heterocycles. The summed E-state index contributed by atoms with van der Waals surface area (Å²) < 4.78 is 13.5. The molecular formula is C12H10FN5. The van der Waals surface area contributed by atoms with Crippen LogP contribution in [0.2, 0.25) is 0 Å². The maximum Gasteiger partial charge on any atom is 0.222 e. The number of hydrogen-bond donors (Lipinski definition) is 2. The Morgan fingerprint density at radius 3 is 2.94 bits per heavy atom. The van der Waals surface area contributed by atoms with Crippen molar-refractivity contribution >= 4 is 17.5 Å². The molecule has 0 saturated carbocycles. The number of nitriles is 1. The Balaban J connectivity index is 2.39. The maximum absolute atomic E-state index is 13.5. The Kier molecular flexibility index (Phi) is 3.06. The van der Waals surface area contributed by atoms with E-state index in [0.29, 0.717) is 11.3 Å². The highest BCUT2D eigenvalue weighted by atomic mass is 19.1. The zero-order valence-electron chi connectivity index (χ0n) is 9.61. The smallest absolute Gasteiger partial charge is 0.222 e. The van der Waals surface area contributed by atoms with Crippen LogP contribution in [-0.4, -0.2) is 9.97 Å². The molecule has 0 amide bonds. The summed E-state index contributed by atoms with van der Waals surface area (Å²) in [6.07, 6.45) is 0.994. The second kappa shape index (κ2) is 4.67. The van der Waals surface area contributed by atoms with Crippen molar-refractivity contribution in [2.75, 3.05) is 11.1 Å². The van der Waals surface area contributed by atoms with Crippen LogP contribution in [0.5, 0.6) is 0 Å². The summed E-state index contributed by atoms with van der Waals surface area (Å²) in [4.78, 5) is 7.30. The van der Waals surface area contributed by atoms with Gasteiger partial charge in [-0.2, -0.15) is 10.2 Å². The number of hydrogen-bond acceptors (Lipinski definition) is 5. The molecule has 6 heteroatoms. The number of nitrogen functional groups attached to an aromatic ring is 1. The Morgan fingerprint density at radius 1 is 1.44 bits per heavy atom. The first-order valence-corrected chi connectivity index (χ1v) is 5.16. The van der Waals surface area contributed by atoms with Crippen molar-refractivity contribution in [3.63, 3.8) is 0 Å². The van der Waals surface area contributed by atoms with E-state index in [2.05, 4.69) is 15.3 Å². The molecule has 90 valence electrons. The van der Waals surface area contributed by atoms with Crippen molar-refractivity contribution in [2.45, 2.75) is 6.92 Å². The van der Waals surface area contributed by atoms with Crippen molar-refractivity contribution in [1.82, 2.24) is 9.97 Å². The molecule has 0 aliphatic rings. The molecule has 5 nitrogen and oxygen atoms in total. The summed E-state index contributed by atoms with van der Waals surface area (Å²) in [7, 11) is 0. The number of aryl methyl sites for hydroxylation is 1. The van der Waals surface area contributed by atoms with Gasteiger partial charge in [0.15, 0.2) is 11.6 Å². The quantitative estimate of drug-likeness (QED) is 0.843. The van der Waals surface area contributed by atoms with Crippen LogP contribution in [-0.2, 0) is 0 Å². The molecule has 18 heavy (non-hydrogen) atoms. The zero-order chi connectivity index (χ0) is 13.1. The van der Waals surface area contributed by atoms with Gasteiger partial charge in [-0.25, -0.2) is 9.37 Å². The normalized spacial score (nSPS) is 9.83. The second-order valence-corrected chi connectivity index (χ2v) is 3.69. The first-order chi connectivity index (χ1) is 8.60. The molecule has 0 radical (unpaired) electrons. The average Bonchev–Trinajstić information content (AvgIpc) is 2.36. The third kappa shape index (κ3) is 2.35. The van der Waals surface area contributed by atoms with Gasteiger partial charge < -0.3 is 11.1 Å². The molecule has 0 fully saturated rings. The Labute approximate surface area is 103 Å². The van der Waals surface area contributed by atoms with E-state index < -0.39 is 5.82 Å². The lowest BCUT2D eigenvalue weighted by Gasteiger charge is -2.09. The molecular weight excluding hydrogens is 233 g/mol. The largest absolute Gasteiger partial charge is 0.368 e. The van der Waals surface area contributed by atoms with Crippen molar-refractivity contribution in [1.29, 1.82) is 5.26 Å². The number of halogens is 1. The van der Waals surface area contributed by atoms with Gasteiger partial charge in [-0.3, -0.25) is 0 Å². The summed E-state index contributed by atoms with van der Waals surface area (Å²) in [5, 5.41) is 11.6. The fraction of sp³-hybridized carbons (Fsp3) is 0.0833. The third-order valence-electron chi connectivity index (χ3n) is 2.38. The predicted octanol–water partition coefficient (Wildman–Crippen LogP) is 2.12. The minimum absolute atomic E-state index is 0.0133. The molecule has 0 atom stereocenters. The van der Waals surface area contributed by atoms with E-state index in [9.17, 15) is 4.39 Å². The van der Waals surface area contributed by atoms with Crippen LogP contribution < -0.4 is 11.1 Å². The van der Waals surface area contributed by atoms with Crippen LogP contribution >= 0.6 is 0 Å². The highest BCUT2D eigenvalue weighted by Crippen LogP contribution is 2.22. The molecule has 1 aromatic carbocycles. The molecule has 3 N–H and O–H groups in total. The van der Waals surface area contributed by atoms with Gasteiger partial charge in [0.1, 0.15) is 0 Å². The summed E-state index contributed by atoms with van der Waals surface area (Å²) in [6, 6.07) is 7.09. The van der Waals surface area contributed by atoms with Crippen LogP contribution in [0.1, 0.15) is 11.1 Å². The third-order valence-corrected chi connectivity index (χ3v) is 2.38. The van der Waals surface area contributed by atoms with E-state index in [4.69, 9.17) is 11.0 Å². The van der Waals surface area contributed by atoms with E-state index in [1.165, 1.54) is 0 Å². The van der Waals surface area contributed by atoms with E-state index in [1.807, 2.05) is 13.0 Å². The summed E-state index contributed by atoms with van der Waals surface area (Å²) in [6.45, 7) is 1.84. The maximum atomic E-state index is 13.5. The fourth-order valence-corrected chi connectivity index (χ4v) is 1.42. The van der Waals surface area contributed by atoms with Crippen molar-refractivity contribution in [3.8, 4) is 6.07 Å². The van der Waals surface area contributed by atoms with E-state index in [1.54, 1.807) is 18.2 Å². The SMILES string of the molecule is Cc1ccc(C#N)cc1Nc1nc(N)ncc1F. The number of aromatic nitrogens is 2. The van der Waals surface area contributed by atoms with Gasteiger partial charge in [0.25, 0.3) is 0 Å². The van der Waals surface area contributed by atoms with Crippen LogP contribution in [0.3, 0.4) is 0 Å². The first kappa shape index (κ1) is 11.8. The molecule has 1 heterocycles. The van der Waals surface area contributed by atoms with Gasteiger partial charge >= 0.3 is 0 Å². The fourth-order valence-electron chi connectivity index (χ4n) is 1.42. The standard InChI is InChI=1S/C12H10FN5/c1-7-2-3-8(5-14)4-10(7)17-11-9(13)6-16-12(15)18-11/h2-4,6H,1H3,(H3,15,16,17,18). The number of benzene rings is 1. The molecule has 1 aromatic heterocycles. The highest BCUT2D eigenvalue weighted by molar-refractivity contribution is 5.63. The van der Waals surface area contributed by atoms with Gasteiger partial charge in [0, 0.05) is 5.69 Å². The van der Waals surface area contributed by atoms with E-state index >= 15 is 0 Å². The van der Waals surface area contributed by atoms with Crippen LogP contribution in [0.4, 0.5) is 21.8 Å². The van der Waals surface area contributed by atoms with Crippen LogP contribution in [0.15, 0.2) is 24.4 Å². The second-order valence-electron chi connectivity index (χ2n) is 3.69. The number of rotatable bonds is 2. The number of nitrogens with one attached hydrogen (secondary N) is 1. The zero-order valence-corrected chi connectivity index (χ0v) is 9.61. The molecule has 0 spiro atoms. The topological polar surface area (TPSA) is 87.6 Å². The summed E-state index contributed by atoms with van der Waals surface area (Å²) in [5.74, 6) is -0.639. The van der Waals surface area contributed by atoms with Crippen LogP contribution in [0, 0.1) is 24.1 Å². The van der Waals surface area contributed by atoms with E-state index in [0.717, 1.165) is 11.8 Å². The molecule has 0 aliphatic carbocycles. The number of anilines is 3.